The first-order chi connectivity index (χ1) is 10.9. The zero-order valence-electron chi connectivity index (χ0n) is 11.7. The SMILES string of the molecule is C1=C2c3sccc3SC23c2ccccc2C1c1ccccc13. The summed E-state index contributed by atoms with van der Waals surface area (Å²) in [6, 6.07) is 20.4. The van der Waals surface area contributed by atoms with Gasteiger partial charge in [0.25, 0.3) is 0 Å². The van der Waals surface area contributed by atoms with Crippen LogP contribution in [0.3, 0.4) is 0 Å². The number of rotatable bonds is 0. The third-order valence-corrected chi connectivity index (χ3v) is 7.80. The fraction of sp³-hybridized carbons (Fsp3) is 0.100. The van der Waals surface area contributed by atoms with Crippen LogP contribution in [0.1, 0.15) is 33.0 Å². The maximum absolute atomic E-state index is 2.53. The van der Waals surface area contributed by atoms with E-state index in [9.17, 15) is 0 Å². The molecule has 3 aliphatic carbocycles. The molecule has 0 unspecified atom stereocenters. The molecule has 3 aromatic rings. The van der Waals surface area contributed by atoms with Gasteiger partial charge in [0.15, 0.2) is 0 Å². The summed E-state index contributed by atoms with van der Waals surface area (Å²) >= 11 is 3.93. The van der Waals surface area contributed by atoms with E-state index in [0.29, 0.717) is 5.92 Å². The molecule has 2 aromatic carbocycles. The first-order valence-corrected chi connectivity index (χ1v) is 9.27. The fourth-order valence-corrected chi connectivity index (χ4v) is 7.22. The summed E-state index contributed by atoms with van der Waals surface area (Å²) < 4.78 is -0.00956. The van der Waals surface area contributed by atoms with Gasteiger partial charge in [0.05, 0.1) is 4.75 Å². The normalized spacial score (nSPS) is 26.0. The highest BCUT2D eigenvalue weighted by Crippen LogP contribution is 2.70. The summed E-state index contributed by atoms with van der Waals surface area (Å²) in [5.74, 6) is 0.415. The third-order valence-electron chi connectivity index (χ3n) is 5.20. The second-order valence-corrected chi connectivity index (χ2v) is 8.30. The molecule has 0 N–H and O–H groups in total. The van der Waals surface area contributed by atoms with Gasteiger partial charge in [0, 0.05) is 15.7 Å². The van der Waals surface area contributed by atoms with Crippen molar-refractivity contribution in [1.29, 1.82) is 0 Å². The van der Waals surface area contributed by atoms with Gasteiger partial charge in [0.1, 0.15) is 0 Å². The molecule has 1 aromatic heterocycles. The Morgan fingerprint density at radius 1 is 0.818 bits per heavy atom. The zero-order chi connectivity index (χ0) is 14.3. The topological polar surface area (TPSA) is 0 Å². The Hall–Kier alpha value is -1.77. The molecule has 0 amide bonds. The van der Waals surface area contributed by atoms with Crippen molar-refractivity contribution in [2.24, 2.45) is 0 Å². The Morgan fingerprint density at radius 2 is 1.50 bits per heavy atom. The van der Waals surface area contributed by atoms with E-state index in [1.54, 1.807) is 0 Å². The van der Waals surface area contributed by atoms with E-state index in [2.05, 4.69) is 66.1 Å². The van der Waals surface area contributed by atoms with E-state index in [1.807, 2.05) is 23.1 Å². The van der Waals surface area contributed by atoms with Crippen LogP contribution in [0.15, 0.2) is 70.9 Å². The van der Waals surface area contributed by atoms with Gasteiger partial charge in [-0.3, -0.25) is 0 Å². The number of benzene rings is 2. The maximum Gasteiger partial charge on any atom is 0.0971 e. The largest absolute Gasteiger partial charge is 0.143 e. The lowest BCUT2D eigenvalue weighted by molar-refractivity contribution is 0.794. The minimum absolute atomic E-state index is 0.00956. The van der Waals surface area contributed by atoms with Gasteiger partial charge in [-0.15, -0.1) is 23.1 Å². The monoisotopic (exact) mass is 316 g/mol. The van der Waals surface area contributed by atoms with E-state index in [4.69, 9.17) is 0 Å². The number of thioether (sulfide) groups is 1. The molecular weight excluding hydrogens is 304 g/mol. The van der Waals surface area contributed by atoms with Gasteiger partial charge in [-0.1, -0.05) is 54.6 Å². The summed E-state index contributed by atoms with van der Waals surface area (Å²) in [6.45, 7) is 0. The minimum Gasteiger partial charge on any atom is -0.143 e. The molecule has 2 heteroatoms. The van der Waals surface area contributed by atoms with Gasteiger partial charge >= 0.3 is 0 Å². The van der Waals surface area contributed by atoms with E-state index in [1.165, 1.54) is 37.6 Å². The fourth-order valence-electron chi connectivity index (χ4n) is 4.38. The highest BCUT2D eigenvalue weighted by molar-refractivity contribution is 8.01. The van der Waals surface area contributed by atoms with Gasteiger partial charge in [0.2, 0.25) is 0 Å². The van der Waals surface area contributed by atoms with Crippen molar-refractivity contribution < 1.29 is 0 Å². The molecule has 4 aliphatic rings. The number of hydrogen-bond acceptors (Lipinski definition) is 2. The molecule has 1 aliphatic heterocycles. The number of hydrogen-bond donors (Lipinski definition) is 0. The molecule has 0 nitrogen and oxygen atoms in total. The van der Waals surface area contributed by atoms with Crippen LogP contribution in [-0.2, 0) is 4.75 Å². The lowest BCUT2D eigenvalue weighted by Gasteiger charge is -2.45. The second kappa shape index (κ2) is 3.76. The van der Waals surface area contributed by atoms with Crippen LogP contribution in [0.25, 0.3) is 5.57 Å². The van der Waals surface area contributed by atoms with Crippen LogP contribution in [0.5, 0.6) is 0 Å². The molecule has 1 spiro atoms. The molecule has 2 bridgehead atoms. The smallest absolute Gasteiger partial charge is 0.0971 e. The molecule has 0 radical (unpaired) electrons. The standard InChI is InChI=1S/C20H12S2/c1-3-7-15-12(5-1)14-11-17-19-18(9-10-21-19)22-20(15,17)16-8-4-2-6-13(14)16/h1-11,14H. The van der Waals surface area contributed by atoms with Gasteiger partial charge in [-0.05, 0) is 39.3 Å². The summed E-state index contributed by atoms with van der Waals surface area (Å²) in [6.07, 6.45) is 2.53. The average molecular weight is 316 g/mol. The Kier molecular flexibility index (Phi) is 2.01. The Morgan fingerprint density at radius 3 is 2.23 bits per heavy atom. The molecular formula is C20H12S2. The lowest BCUT2D eigenvalue weighted by atomic mass is 9.64. The van der Waals surface area contributed by atoms with Crippen LogP contribution in [0, 0.1) is 0 Å². The van der Waals surface area contributed by atoms with Gasteiger partial charge in [-0.2, -0.15) is 0 Å². The van der Waals surface area contributed by atoms with Crippen LogP contribution in [-0.4, -0.2) is 0 Å². The molecule has 104 valence electrons. The molecule has 2 heterocycles. The third kappa shape index (κ3) is 1.13. The predicted molar refractivity (Wildman–Crippen MR) is 93.7 cm³/mol. The molecule has 7 rings (SSSR count). The van der Waals surface area contributed by atoms with Crippen molar-refractivity contribution in [1.82, 2.24) is 0 Å². The van der Waals surface area contributed by atoms with Gasteiger partial charge < -0.3 is 0 Å². The molecule has 0 fully saturated rings. The first kappa shape index (κ1) is 11.8. The van der Waals surface area contributed by atoms with Crippen LogP contribution >= 0.6 is 23.1 Å². The van der Waals surface area contributed by atoms with Crippen molar-refractivity contribution in [2.45, 2.75) is 15.6 Å². The number of fused-ring (bicyclic) bond motifs is 1. The van der Waals surface area contributed by atoms with Crippen molar-refractivity contribution in [2.75, 3.05) is 0 Å². The average Bonchev–Trinajstić information content (AvgIpc) is 3.14. The summed E-state index contributed by atoms with van der Waals surface area (Å²) in [4.78, 5) is 2.93. The zero-order valence-corrected chi connectivity index (χ0v) is 13.4. The highest BCUT2D eigenvalue weighted by atomic mass is 32.2. The second-order valence-electron chi connectivity index (χ2n) is 6.13. The molecule has 0 saturated carbocycles. The van der Waals surface area contributed by atoms with Crippen molar-refractivity contribution in [3.05, 3.63) is 93.2 Å². The minimum atomic E-state index is -0.00956. The number of allylic oxidation sites excluding steroid dienone is 1. The summed E-state index contributed by atoms with van der Waals surface area (Å²) in [7, 11) is 0. The Bertz CT molecular complexity index is 929. The van der Waals surface area contributed by atoms with E-state index < -0.39 is 0 Å². The summed E-state index contributed by atoms with van der Waals surface area (Å²) in [5.41, 5.74) is 7.53. The maximum atomic E-state index is 2.53. The molecule has 22 heavy (non-hydrogen) atoms. The van der Waals surface area contributed by atoms with E-state index in [-0.39, 0.29) is 4.75 Å². The van der Waals surface area contributed by atoms with E-state index >= 15 is 0 Å². The quantitative estimate of drug-likeness (QED) is 0.517. The van der Waals surface area contributed by atoms with Gasteiger partial charge in [-0.25, -0.2) is 0 Å². The molecule has 0 atom stereocenters. The lowest BCUT2D eigenvalue weighted by Crippen LogP contribution is -2.34. The Balaban J connectivity index is 1.80. The predicted octanol–water partition coefficient (Wildman–Crippen LogP) is 5.64. The van der Waals surface area contributed by atoms with E-state index in [0.717, 1.165) is 0 Å². The molecule has 0 saturated heterocycles. The van der Waals surface area contributed by atoms with Crippen molar-refractivity contribution in [3.63, 3.8) is 0 Å². The summed E-state index contributed by atoms with van der Waals surface area (Å²) in [5, 5.41) is 2.23. The van der Waals surface area contributed by atoms with Crippen molar-refractivity contribution >= 4 is 28.7 Å². The van der Waals surface area contributed by atoms with Crippen LogP contribution < -0.4 is 0 Å². The van der Waals surface area contributed by atoms with Crippen molar-refractivity contribution in [3.8, 4) is 0 Å². The number of thiophene rings is 1. The first-order valence-electron chi connectivity index (χ1n) is 7.57. The van der Waals surface area contributed by atoms with Crippen LogP contribution in [0.4, 0.5) is 0 Å². The Labute approximate surface area is 137 Å². The highest BCUT2D eigenvalue weighted by Gasteiger charge is 2.54. The van der Waals surface area contributed by atoms with Crippen LogP contribution in [0.2, 0.25) is 0 Å².